The monoisotopic (exact) mass is 225 g/mol. The summed E-state index contributed by atoms with van der Waals surface area (Å²) in [5.41, 5.74) is 2.98. The number of furan rings is 1. The largest absolute Gasteiger partial charge is 0.472 e. The maximum absolute atomic E-state index is 5.02. The summed E-state index contributed by atoms with van der Waals surface area (Å²) in [5, 5.41) is 12.5. The molecule has 0 atom stereocenters. The molecular formula is C13H11N3O. The third-order valence-electron chi connectivity index (χ3n) is 2.61. The zero-order chi connectivity index (χ0) is 11.5. The first-order valence-electron chi connectivity index (χ1n) is 5.39. The van der Waals surface area contributed by atoms with Crippen molar-refractivity contribution in [1.82, 2.24) is 10.2 Å². The van der Waals surface area contributed by atoms with E-state index in [0.29, 0.717) is 6.54 Å². The van der Waals surface area contributed by atoms with Gasteiger partial charge in [-0.15, -0.1) is 0 Å². The van der Waals surface area contributed by atoms with E-state index in [9.17, 15) is 0 Å². The van der Waals surface area contributed by atoms with Gasteiger partial charge in [-0.3, -0.25) is 0 Å². The van der Waals surface area contributed by atoms with Gasteiger partial charge in [-0.25, -0.2) is 0 Å². The van der Waals surface area contributed by atoms with E-state index in [0.717, 1.165) is 22.2 Å². The van der Waals surface area contributed by atoms with Crippen LogP contribution in [0.1, 0.15) is 5.56 Å². The highest BCUT2D eigenvalue weighted by Gasteiger charge is 2.02. The lowest BCUT2D eigenvalue weighted by Gasteiger charge is -2.06. The maximum Gasteiger partial charge on any atom is 0.0952 e. The Kier molecular flexibility index (Phi) is 2.46. The Hall–Kier alpha value is -2.36. The van der Waals surface area contributed by atoms with Crippen molar-refractivity contribution < 1.29 is 4.42 Å². The Bertz CT molecular complexity index is 614. The number of fused-ring (bicyclic) bond motifs is 1. The van der Waals surface area contributed by atoms with E-state index in [1.807, 2.05) is 30.3 Å². The van der Waals surface area contributed by atoms with Crippen LogP contribution in [0.25, 0.3) is 10.9 Å². The molecule has 3 rings (SSSR count). The lowest BCUT2D eigenvalue weighted by atomic mass is 10.2. The van der Waals surface area contributed by atoms with Crippen LogP contribution < -0.4 is 5.32 Å². The van der Waals surface area contributed by atoms with Gasteiger partial charge >= 0.3 is 0 Å². The third-order valence-corrected chi connectivity index (χ3v) is 2.61. The highest BCUT2D eigenvalue weighted by atomic mass is 16.3. The molecule has 84 valence electrons. The number of hydrogen-bond donors (Lipinski definition) is 1. The van der Waals surface area contributed by atoms with Crippen LogP contribution in [0.5, 0.6) is 0 Å². The number of hydrogen-bond acceptors (Lipinski definition) is 4. The van der Waals surface area contributed by atoms with Gasteiger partial charge in [0.05, 0.1) is 29.9 Å². The fourth-order valence-electron chi connectivity index (χ4n) is 1.74. The van der Waals surface area contributed by atoms with Crippen LogP contribution in [-0.4, -0.2) is 10.2 Å². The normalized spacial score (nSPS) is 10.6. The number of anilines is 1. The first-order chi connectivity index (χ1) is 8.43. The molecule has 0 aliphatic rings. The van der Waals surface area contributed by atoms with Gasteiger partial charge in [0.15, 0.2) is 0 Å². The molecule has 0 saturated carbocycles. The molecule has 0 spiro atoms. The van der Waals surface area contributed by atoms with Crippen LogP contribution in [0, 0.1) is 0 Å². The quantitative estimate of drug-likeness (QED) is 0.744. The first-order valence-corrected chi connectivity index (χ1v) is 5.39. The van der Waals surface area contributed by atoms with Crippen molar-refractivity contribution in [2.75, 3.05) is 5.32 Å². The molecule has 1 N–H and O–H groups in total. The summed E-state index contributed by atoms with van der Waals surface area (Å²) in [5.74, 6) is 0. The van der Waals surface area contributed by atoms with E-state index in [4.69, 9.17) is 4.42 Å². The fourth-order valence-corrected chi connectivity index (χ4v) is 1.74. The first kappa shape index (κ1) is 9.84. The smallest absolute Gasteiger partial charge is 0.0952 e. The van der Waals surface area contributed by atoms with Gasteiger partial charge in [0.25, 0.3) is 0 Å². The predicted octanol–water partition coefficient (Wildman–Crippen LogP) is 2.83. The van der Waals surface area contributed by atoms with E-state index >= 15 is 0 Å². The second kappa shape index (κ2) is 4.25. The molecule has 0 amide bonds. The Morgan fingerprint density at radius 3 is 3.00 bits per heavy atom. The SMILES string of the molecule is c1ccc2c(NCc3ccoc3)cnnc2c1. The minimum Gasteiger partial charge on any atom is -0.472 e. The van der Waals surface area contributed by atoms with Gasteiger partial charge in [-0.2, -0.15) is 10.2 Å². The van der Waals surface area contributed by atoms with Crippen LogP contribution in [0.4, 0.5) is 5.69 Å². The summed E-state index contributed by atoms with van der Waals surface area (Å²) in [4.78, 5) is 0. The van der Waals surface area contributed by atoms with Gasteiger partial charge in [0, 0.05) is 17.5 Å². The van der Waals surface area contributed by atoms with E-state index in [-0.39, 0.29) is 0 Å². The minimum atomic E-state index is 0.714. The number of benzene rings is 1. The molecule has 0 radical (unpaired) electrons. The van der Waals surface area contributed by atoms with Gasteiger partial charge in [0.1, 0.15) is 0 Å². The van der Waals surface area contributed by atoms with Crippen molar-refractivity contribution in [2.45, 2.75) is 6.54 Å². The lowest BCUT2D eigenvalue weighted by molar-refractivity contribution is 0.564. The molecule has 0 bridgehead atoms. The molecule has 0 fully saturated rings. The Morgan fingerprint density at radius 2 is 2.12 bits per heavy atom. The molecule has 2 aromatic heterocycles. The van der Waals surface area contributed by atoms with Gasteiger partial charge in [-0.05, 0) is 12.1 Å². The Labute approximate surface area is 98.3 Å². The summed E-state index contributed by atoms with van der Waals surface area (Å²) in [6.45, 7) is 0.714. The standard InChI is InChI=1S/C13H11N3O/c1-2-4-12-11(3-1)13(8-15-16-12)14-7-10-5-6-17-9-10/h1-6,8-9H,7H2,(H,14,16). The van der Waals surface area contributed by atoms with Crippen LogP contribution in [0.3, 0.4) is 0 Å². The molecule has 0 unspecified atom stereocenters. The fraction of sp³-hybridized carbons (Fsp3) is 0.0769. The topological polar surface area (TPSA) is 51.0 Å². The van der Waals surface area contributed by atoms with E-state index in [1.165, 1.54) is 0 Å². The number of nitrogens with zero attached hydrogens (tertiary/aromatic N) is 2. The molecule has 4 nitrogen and oxygen atoms in total. The van der Waals surface area contributed by atoms with Crippen molar-refractivity contribution >= 4 is 16.6 Å². The average molecular weight is 225 g/mol. The Morgan fingerprint density at radius 1 is 1.18 bits per heavy atom. The van der Waals surface area contributed by atoms with Crippen molar-refractivity contribution in [3.8, 4) is 0 Å². The molecule has 4 heteroatoms. The predicted molar refractivity (Wildman–Crippen MR) is 65.6 cm³/mol. The molecule has 1 aromatic carbocycles. The van der Waals surface area contributed by atoms with E-state index in [2.05, 4.69) is 15.5 Å². The molecule has 0 aliphatic carbocycles. The average Bonchev–Trinajstić information content (AvgIpc) is 2.89. The van der Waals surface area contributed by atoms with Crippen molar-refractivity contribution in [2.24, 2.45) is 0 Å². The molecule has 0 saturated heterocycles. The van der Waals surface area contributed by atoms with Gasteiger partial charge in [0.2, 0.25) is 0 Å². The molecule has 2 heterocycles. The lowest BCUT2D eigenvalue weighted by Crippen LogP contribution is -2.00. The van der Waals surface area contributed by atoms with Crippen molar-refractivity contribution in [1.29, 1.82) is 0 Å². The second-order valence-electron chi connectivity index (χ2n) is 3.76. The summed E-state index contributed by atoms with van der Waals surface area (Å²) in [6.07, 6.45) is 5.13. The summed E-state index contributed by atoms with van der Waals surface area (Å²) in [7, 11) is 0. The molecule has 17 heavy (non-hydrogen) atoms. The third kappa shape index (κ3) is 1.97. The Balaban J connectivity index is 1.90. The minimum absolute atomic E-state index is 0.714. The molecule has 3 aromatic rings. The number of aromatic nitrogens is 2. The zero-order valence-corrected chi connectivity index (χ0v) is 9.13. The van der Waals surface area contributed by atoms with Crippen LogP contribution in [-0.2, 0) is 6.54 Å². The van der Waals surface area contributed by atoms with E-state index in [1.54, 1.807) is 18.7 Å². The molecular weight excluding hydrogens is 214 g/mol. The second-order valence-corrected chi connectivity index (χ2v) is 3.76. The summed E-state index contributed by atoms with van der Waals surface area (Å²) in [6, 6.07) is 9.86. The highest BCUT2D eigenvalue weighted by Crippen LogP contribution is 2.20. The van der Waals surface area contributed by atoms with Gasteiger partial charge < -0.3 is 9.73 Å². The molecule has 0 aliphatic heterocycles. The van der Waals surface area contributed by atoms with Crippen LogP contribution in [0.2, 0.25) is 0 Å². The van der Waals surface area contributed by atoms with E-state index < -0.39 is 0 Å². The van der Waals surface area contributed by atoms with Gasteiger partial charge in [-0.1, -0.05) is 18.2 Å². The van der Waals surface area contributed by atoms with Crippen LogP contribution in [0.15, 0.2) is 53.5 Å². The van der Waals surface area contributed by atoms with Crippen LogP contribution >= 0.6 is 0 Å². The summed E-state index contributed by atoms with van der Waals surface area (Å²) < 4.78 is 5.02. The highest BCUT2D eigenvalue weighted by molar-refractivity contribution is 5.90. The van der Waals surface area contributed by atoms with Crippen molar-refractivity contribution in [3.05, 3.63) is 54.6 Å². The van der Waals surface area contributed by atoms with Crippen molar-refractivity contribution in [3.63, 3.8) is 0 Å². The summed E-state index contributed by atoms with van der Waals surface area (Å²) >= 11 is 0. The number of nitrogens with one attached hydrogen (secondary N) is 1. The number of rotatable bonds is 3. The zero-order valence-electron chi connectivity index (χ0n) is 9.13. The maximum atomic E-state index is 5.02.